The Labute approximate surface area is 137 Å². The number of hydrogen-bond donors (Lipinski definition) is 2. The topological polar surface area (TPSA) is 70.7 Å². The van der Waals surface area contributed by atoms with Crippen LogP contribution < -0.4 is 11.1 Å². The summed E-state index contributed by atoms with van der Waals surface area (Å²) < 4.78 is 0. The predicted octanol–water partition coefficient (Wildman–Crippen LogP) is 2.25. The van der Waals surface area contributed by atoms with E-state index >= 15 is 0 Å². The zero-order chi connectivity index (χ0) is 16.8. The summed E-state index contributed by atoms with van der Waals surface area (Å²) >= 11 is 6.19. The molecule has 122 valence electrons. The second kappa shape index (κ2) is 8.03. The fourth-order valence-electron chi connectivity index (χ4n) is 1.78. The van der Waals surface area contributed by atoms with Gasteiger partial charge in [0.25, 0.3) is 0 Å². The number of benzene rings is 1. The third kappa shape index (κ3) is 5.22. The number of halogens is 1. The van der Waals surface area contributed by atoms with E-state index in [0.717, 1.165) is 23.1 Å². The van der Waals surface area contributed by atoms with Crippen LogP contribution in [0, 0.1) is 5.41 Å². The van der Waals surface area contributed by atoms with Crippen molar-refractivity contribution in [3.63, 3.8) is 0 Å². The summed E-state index contributed by atoms with van der Waals surface area (Å²) in [5, 5.41) is 3.94. The smallest absolute Gasteiger partial charge is 0.224 e. The van der Waals surface area contributed by atoms with Crippen molar-refractivity contribution in [1.82, 2.24) is 10.2 Å². The fourth-order valence-corrected chi connectivity index (χ4v) is 1.97. The Kier molecular flexibility index (Phi) is 6.68. The molecule has 1 rings (SSSR count). The number of rotatable bonds is 6. The van der Waals surface area contributed by atoms with Gasteiger partial charge >= 0.3 is 0 Å². The van der Waals surface area contributed by atoms with Crippen molar-refractivity contribution < 1.29 is 4.79 Å². The van der Waals surface area contributed by atoms with Gasteiger partial charge in [-0.05, 0) is 32.4 Å². The van der Waals surface area contributed by atoms with Crippen LogP contribution in [0.4, 0.5) is 0 Å². The van der Waals surface area contributed by atoms with Crippen LogP contribution >= 0.6 is 11.6 Å². The number of hydrogen-bond acceptors (Lipinski definition) is 2. The molecule has 1 aromatic rings. The Morgan fingerprint density at radius 2 is 2.05 bits per heavy atom. The average Bonchev–Trinajstić information content (AvgIpc) is 2.45. The summed E-state index contributed by atoms with van der Waals surface area (Å²) in [7, 11) is 1.93. The number of amides is 1. The van der Waals surface area contributed by atoms with Crippen LogP contribution in [-0.2, 0) is 11.3 Å². The molecule has 22 heavy (non-hydrogen) atoms. The molecule has 0 aromatic heterocycles. The summed E-state index contributed by atoms with van der Waals surface area (Å²) in [5.74, 6) is 0.359. The molecule has 0 saturated carbocycles. The highest BCUT2D eigenvalue weighted by Gasteiger charge is 2.25. The molecule has 0 unspecified atom stereocenters. The second-order valence-corrected chi connectivity index (χ2v) is 6.27. The van der Waals surface area contributed by atoms with Crippen LogP contribution in [0.5, 0.6) is 0 Å². The third-order valence-electron chi connectivity index (χ3n) is 3.35. The molecule has 0 saturated heterocycles. The Bertz CT molecular complexity index is 543. The minimum atomic E-state index is -0.675. The zero-order valence-electron chi connectivity index (χ0n) is 13.7. The van der Waals surface area contributed by atoms with Gasteiger partial charge in [0.15, 0.2) is 5.96 Å². The standard InChI is InChI=1S/C16H25ClN4O/c1-5-19-15(20-11-16(2,3)14(18)22)21(4)10-12-8-6-7-9-13(12)17/h6-9H,5,10-11H2,1-4H3,(H2,18,22)(H,19,20). The van der Waals surface area contributed by atoms with E-state index in [2.05, 4.69) is 10.3 Å². The van der Waals surface area contributed by atoms with Gasteiger partial charge in [0, 0.05) is 25.2 Å². The minimum Gasteiger partial charge on any atom is -0.369 e. The van der Waals surface area contributed by atoms with Crippen molar-refractivity contribution in [2.75, 3.05) is 20.1 Å². The van der Waals surface area contributed by atoms with Crippen molar-refractivity contribution in [2.45, 2.75) is 27.3 Å². The summed E-state index contributed by atoms with van der Waals surface area (Å²) in [4.78, 5) is 17.9. The van der Waals surface area contributed by atoms with E-state index in [4.69, 9.17) is 17.3 Å². The maximum Gasteiger partial charge on any atom is 0.224 e. The lowest BCUT2D eigenvalue weighted by Crippen LogP contribution is -2.40. The normalized spacial score (nSPS) is 12.1. The number of primary amides is 1. The lowest BCUT2D eigenvalue weighted by molar-refractivity contribution is -0.125. The maximum atomic E-state index is 11.4. The molecule has 0 bridgehead atoms. The van der Waals surface area contributed by atoms with E-state index in [9.17, 15) is 4.79 Å². The van der Waals surface area contributed by atoms with Gasteiger partial charge in [0.05, 0.1) is 12.0 Å². The third-order valence-corrected chi connectivity index (χ3v) is 3.72. The van der Waals surface area contributed by atoms with Crippen LogP contribution in [0.15, 0.2) is 29.3 Å². The quantitative estimate of drug-likeness (QED) is 0.623. The van der Waals surface area contributed by atoms with Crippen LogP contribution in [0.2, 0.25) is 5.02 Å². The molecule has 0 aliphatic rings. The number of carbonyl (C=O) groups excluding carboxylic acids is 1. The maximum absolute atomic E-state index is 11.4. The largest absolute Gasteiger partial charge is 0.369 e. The van der Waals surface area contributed by atoms with E-state index < -0.39 is 5.41 Å². The molecular weight excluding hydrogens is 300 g/mol. The van der Waals surface area contributed by atoms with E-state index in [-0.39, 0.29) is 5.91 Å². The van der Waals surface area contributed by atoms with E-state index in [1.807, 2.05) is 43.1 Å². The molecule has 0 heterocycles. The summed E-state index contributed by atoms with van der Waals surface area (Å²) in [6.07, 6.45) is 0. The molecule has 0 fully saturated rings. The van der Waals surface area contributed by atoms with Crippen molar-refractivity contribution >= 4 is 23.5 Å². The van der Waals surface area contributed by atoms with Crippen LogP contribution in [0.25, 0.3) is 0 Å². The van der Waals surface area contributed by atoms with E-state index in [1.54, 1.807) is 13.8 Å². The molecule has 1 amide bonds. The zero-order valence-corrected chi connectivity index (χ0v) is 14.4. The number of nitrogens with zero attached hydrogens (tertiary/aromatic N) is 2. The van der Waals surface area contributed by atoms with Gasteiger partial charge in [0.2, 0.25) is 5.91 Å². The van der Waals surface area contributed by atoms with Gasteiger partial charge in [0.1, 0.15) is 0 Å². The van der Waals surface area contributed by atoms with Crippen molar-refractivity contribution in [2.24, 2.45) is 16.1 Å². The lowest BCUT2D eigenvalue weighted by Gasteiger charge is -2.24. The summed E-state index contributed by atoms with van der Waals surface area (Å²) in [6, 6.07) is 7.70. The Morgan fingerprint density at radius 1 is 1.41 bits per heavy atom. The van der Waals surface area contributed by atoms with Gasteiger partial charge in [-0.15, -0.1) is 0 Å². The molecule has 0 aliphatic carbocycles. The molecule has 0 spiro atoms. The molecule has 0 atom stereocenters. The molecule has 1 aromatic carbocycles. The first-order valence-electron chi connectivity index (χ1n) is 7.30. The first kappa shape index (κ1) is 18.3. The monoisotopic (exact) mass is 324 g/mol. The molecule has 5 nitrogen and oxygen atoms in total. The highest BCUT2D eigenvalue weighted by Crippen LogP contribution is 2.17. The Hall–Kier alpha value is -1.75. The van der Waals surface area contributed by atoms with Gasteiger partial charge < -0.3 is 16.0 Å². The molecule has 3 N–H and O–H groups in total. The predicted molar refractivity (Wildman–Crippen MR) is 91.9 cm³/mol. The van der Waals surface area contributed by atoms with Crippen LogP contribution in [0.3, 0.4) is 0 Å². The fraction of sp³-hybridized carbons (Fsp3) is 0.500. The van der Waals surface area contributed by atoms with Crippen LogP contribution in [-0.4, -0.2) is 36.9 Å². The SMILES string of the molecule is CCNC(=NCC(C)(C)C(N)=O)N(C)Cc1ccccc1Cl. The molecule has 6 heteroatoms. The number of carbonyl (C=O) groups is 1. The average molecular weight is 325 g/mol. The molecular formula is C16H25ClN4O. The lowest BCUT2D eigenvalue weighted by atomic mass is 9.93. The summed E-state index contributed by atoms with van der Waals surface area (Å²) in [5.41, 5.74) is 5.74. The van der Waals surface area contributed by atoms with Crippen molar-refractivity contribution in [3.8, 4) is 0 Å². The molecule has 0 radical (unpaired) electrons. The first-order chi connectivity index (χ1) is 10.3. The number of nitrogens with one attached hydrogen (secondary N) is 1. The van der Waals surface area contributed by atoms with Crippen molar-refractivity contribution in [1.29, 1.82) is 0 Å². The number of guanidine groups is 1. The highest BCUT2D eigenvalue weighted by molar-refractivity contribution is 6.31. The van der Waals surface area contributed by atoms with Crippen LogP contribution in [0.1, 0.15) is 26.3 Å². The second-order valence-electron chi connectivity index (χ2n) is 5.87. The van der Waals surface area contributed by atoms with Gasteiger partial charge in [-0.2, -0.15) is 0 Å². The Morgan fingerprint density at radius 3 is 2.59 bits per heavy atom. The Balaban J connectivity index is 2.85. The van der Waals surface area contributed by atoms with E-state index in [0.29, 0.717) is 13.1 Å². The summed E-state index contributed by atoms with van der Waals surface area (Å²) in [6.45, 7) is 7.27. The van der Waals surface area contributed by atoms with Gasteiger partial charge in [-0.3, -0.25) is 9.79 Å². The number of aliphatic imine (C=N–C) groups is 1. The van der Waals surface area contributed by atoms with Crippen molar-refractivity contribution in [3.05, 3.63) is 34.9 Å². The van der Waals surface area contributed by atoms with E-state index in [1.165, 1.54) is 0 Å². The first-order valence-corrected chi connectivity index (χ1v) is 7.68. The van der Waals surface area contributed by atoms with Gasteiger partial charge in [-0.1, -0.05) is 29.8 Å². The molecule has 0 aliphatic heterocycles. The highest BCUT2D eigenvalue weighted by atomic mass is 35.5. The number of nitrogens with two attached hydrogens (primary N) is 1. The minimum absolute atomic E-state index is 0.331. The van der Waals surface area contributed by atoms with Gasteiger partial charge in [-0.25, -0.2) is 0 Å².